The number of carbonyl (C=O) groups excluding carboxylic acids is 2. The number of halogens is 2. The van der Waals surface area contributed by atoms with E-state index in [0.717, 1.165) is 10.2 Å². The fraction of sp³-hybridized carbons (Fsp3) is 0.222. The molecule has 1 aliphatic heterocycles. The van der Waals surface area contributed by atoms with E-state index >= 15 is 0 Å². The van der Waals surface area contributed by atoms with E-state index in [9.17, 15) is 14.0 Å². The Morgan fingerprint density at radius 2 is 1.60 bits per heavy atom. The molecule has 1 heterocycles. The Labute approximate surface area is 153 Å². The van der Waals surface area contributed by atoms with E-state index < -0.39 is 11.8 Å². The third-order valence-corrected chi connectivity index (χ3v) is 4.77. The van der Waals surface area contributed by atoms with E-state index in [1.807, 2.05) is 6.07 Å². The van der Waals surface area contributed by atoms with Crippen molar-refractivity contribution in [3.8, 4) is 0 Å². The second kappa shape index (κ2) is 7.65. The minimum Gasteiger partial charge on any atom is -0.368 e. The molecule has 25 heavy (non-hydrogen) atoms. The van der Waals surface area contributed by atoms with E-state index in [0.29, 0.717) is 31.9 Å². The van der Waals surface area contributed by atoms with Gasteiger partial charge in [0, 0.05) is 36.3 Å². The molecule has 0 unspecified atom stereocenters. The number of rotatable bonds is 2. The van der Waals surface area contributed by atoms with Crippen molar-refractivity contribution in [2.24, 2.45) is 0 Å². The van der Waals surface area contributed by atoms with Crippen LogP contribution in [0, 0.1) is 5.82 Å². The van der Waals surface area contributed by atoms with Crippen LogP contribution < -0.4 is 10.2 Å². The van der Waals surface area contributed by atoms with Crippen molar-refractivity contribution < 1.29 is 14.0 Å². The zero-order valence-electron chi connectivity index (χ0n) is 13.4. The number of carbonyl (C=O) groups is 2. The van der Waals surface area contributed by atoms with Crippen molar-refractivity contribution in [3.05, 3.63) is 58.8 Å². The number of nitrogens with zero attached hydrogens (tertiary/aromatic N) is 2. The van der Waals surface area contributed by atoms with Crippen LogP contribution in [0.5, 0.6) is 0 Å². The third-order valence-electron chi connectivity index (χ3n) is 4.07. The Kier molecular flexibility index (Phi) is 5.33. The number of piperazine rings is 1. The summed E-state index contributed by atoms with van der Waals surface area (Å²) in [5, 5.41) is 2.62. The van der Waals surface area contributed by atoms with Crippen LogP contribution in [-0.4, -0.2) is 42.9 Å². The van der Waals surface area contributed by atoms with Crippen molar-refractivity contribution in [1.82, 2.24) is 4.90 Å². The maximum Gasteiger partial charge on any atom is 0.313 e. The van der Waals surface area contributed by atoms with Gasteiger partial charge in [-0.3, -0.25) is 9.59 Å². The molecule has 7 heteroatoms. The van der Waals surface area contributed by atoms with Gasteiger partial charge in [0.25, 0.3) is 0 Å². The van der Waals surface area contributed by atoms with Crippen LogP contribution in [0.4, 0.5) is 15.8 Å². The number of hydrogen-bond acceptors (Lipinski definition) is 3. The fourth-order valence-corrected chi connectivity index (χ4v) is 3.09. The Morgan fingerprint density at radius 3 is 2.24 bits per heavy atom. The summed E-state index contributed by atoms with van der Waals surface area (Å²) >= 11 is 3.34. The van der Waals surface area contributed by atoms with Gasteiger partial charge < -0.3 is 15.1 Å². The highest BCUT2D eigenvalue weighted by molar-refractivity contribution is 9.10. The number of amides is 2. The van der Waals surface area contributed by atoms with Crippen LogP contribution in [0.2, 0.25) is 0 Å². The van der Waals surface area contributed by atoms with Gasteiger partial charge in [-0.05, 0) is 52.3 Å². The highest BCUT2D eigenvalue weighted by Gasteiger charge is 2.26. The Bertz CT molecular complexity index is 774. The van der Waals surface area contributed by atoms with Crippen LogP contribution in [0.1, 0.15) is 0 Å². The minimum absolute atomic E-state index is 0.277. The molecule has 2 amide bonds. The number of benzene rings is 2. The lowest BCUT2D eigenvalue weighted by molar-refractivity contribution is -0.143. The standard InChI is InChI=1S/C18H17BrFN3O2/c19-15-3-1-2-4-16(15)21-17(24)18(25)23-11-9-22(10-12-23)14-7-5-13(20)6-8-14/h1-8H,9-12H2,(H,21,24). The lowest BCUT2D eigenvalue weighted by atomic mass is 10.2. The normalized spacial score (nSPS) is 14.3. The summed E-state index contributed by atoms with van der Waals surface area (Å²) in [6, 6.07) is 13.4. The average molecular weight is 406 g/mol. The van der Waals surface area contributed by atoms with Gasteiger partial charge in [-0.15, -0.1) is 0 Å². The van der Waals surface area contributed by atoms with Gasteiger partial charge in [-0.25, -0.2) is 4.39 Å². The molecule has 1 saturated heterocycles. The highest BCUT2D eigenvalue weighted by atomic mass is 79.9. The van der Waals surface area contributed by atoms with Crippen molar-refractivity contribution in [2.45, 2.75) is 0 Å². The lowest BCUT2D eigenvalue weighted by Crippen LogP contribution is -2.51. The van der Waals surface area contributed by atoms with Gasteiger partial charge >= 0.3 is 11.8 Å². The molecule has 0 spiro atoms. The number of para-hydroxylation sites is 1. The average Bonchev–Trinajstić information content (AvgIpc) is 2.64. The topological polar surface area (TPSA) is 52.7 Å². The zero-order chi connectivity index (χ0) is 17.8. The summed E-state index contributed by atoms with van der Waals surface area (Å²) in [4.78, 5) is 28.1. The summed E-state index contributed by atoms with van der Waals surface area (Å²) in [5.41, 5.74) is 1.47. The van der Waals surface area contributed by atoms with E-state index in [2.05, 4.69) is 26.1 Å². The van der Waals surface area contributed by atoms with Crippen molar-refractivity contribution in [3.63, 3.8) is 0 Å². The molecule has 0 radical (unpaired) electrons. The molecule has 0 bridgehead atoms. The van der Waals surface area contributed by atoms with Crippen molar-refractivity contribution in [1.29, 1.82) is 0 Å². The number of nitrogens with one attached hydrogen (secondary N) is 1. The van der Waals surface area contributed by atoms with Crippen LogP contribution >= 0.6 is 15.9 Å². The van der Waals surface area contributed by atoms with Crippen LogP contribution in [0.3, 0.4) is 0 Å². The summed E-state index contributed by atoms with van der Waals surface area (Å²) in [6.45, 7) is 2.08. The quantitative estimate of drug-likeness (QED) is 0.781. The first-order chi connectivity index (χ1) is 12.0. The van der Waals surface area contributed by atoms with E-state index in [-0.39, 0.29) is 5.82 Å². The van der Waals surface area contributed by atoms with Gasteiger partial charge in [0.1, 0.15) is 5.82 Å². The van der Waals surface area contributed by atoms with Gasteiger partial charge in [-0.1, -0.05) is 12.1 Å². The zero-order valence-corrected chi connectivity index (χ0v) is 15.0. The van der Waals surface area contributed by atoms with E-state index in [1.165, 1.54) is 17.0 Å². The molecule has 1 aliphatic rings. The molecule has 0 saturated carbocycles. The summed E-state index contributed by atoms with van der Waals surface area (Å²) < 4.78 is 13.7. The van der Waals surface area contributed by atoms with Gasteiger partial charge in [0.2, 0.25) is 0 Å². The molecule has 3 rings (SSSR count). The highest BCUT2D eigenvalue weighted by Crippen LogP contribution is 2.21. The molecule has 2 aromatic rings. The predicted molar refractivity (Wildman–Crippen MR) is 98.0 cm³/mol. The number of hydrogen-bond donors (Lipinski definition) is 1. The van der Waals surface area contributed by atoms with E-state index in [4.69, 9.17) is 0 Å². The lowest BCUT2D eigenvalue weighted by Gasteiger charge is -2.35. The first-order valence-electron chi connectivity index (χ1n) is 7.90. The molecule has 2 aromatic carbocycles. The predicted octanol–water partition coefficient (Wildman–Crippen LogP) is 2.88. The first kappa shape index (κ1) is 17.4. The Hall–Kier alpha value is -2.41. The summed E-state index contributed by atoms with van der Waals surface area (Å²) in [7, 11) is 0. The monoisotopic (exact) mass is 405 g/mol. The molecule has 5 nitrogen and oxygen atoms in total. The first-order valence-corrected chi connectivity index (χ1v) is 8.69. The van der Waals surface area contributed by atoms with E-state index in [1.54, 1.807) is 30.3 Å². The third kappa shape index (κ3) is 4.17. The molecule has 1 N–H and O–H groups in total. The van der Waals surface area contributed by atoms with Crippen LogP contribution in [-0.2, 0) is 9.59 Å². The maximum atomic E-state index is 13.0. The second-order valence-corrected chi connectivity index (χ2v) is 6.54. The largest absolute Gasteiger partial charge is 0.368 e. The Morgan fingerprint density at radius 1 is 0.960 bits per heavy atom. The molecular weight excluding hydrogens is 389 g/mol. The molecule has 0 aromatic heterocycles. The SMILES string of the molecule is O=C(Nc1ccccc1Br)C(=O)N1CCN(c2ccc(F)cc2)CC1. The molecular formula is C18H17BrFN3O2. The fourth-order valence-electron chi connectivity index (χ4n) is 2.70. The van der Waals surface area contributed by atoms with Crippen LogP contribution in [0.25, 0.3) is 0 Å². The van der Waals surface area contributed by atoms with Gasteiger partial charge in [0.15, 0.2) is 0 Å². The van der Waals surface area contributed by atoms with Crippen molar-refractivity contribution in [2.75, 3.05) is 36.4 Å². The maximum absolute atomic E-state index is 13.0. The van der Waals surface area contributed by atoms with Crippen molar-refractivity contribution >= 4 is 39.1 Å². The van der Waals surface area contributed by atoms with Crippen LogP contribution in [0.15, 0.2) is 53.0 Å². The molecule has 130 valence electrons. The summed E-state index contributed by atoms with van der Waals surface area (Å²) in [5.74, 6) is -1.47. The van der Waals surface area contributed by atoms with Gasteiger partial charge in [-0.2, -0.15) is 0 Å². The summed E-state index contributed by atoms with van der Waals surface area (Å²) in [6.07, 6.45) is 0. The van der Waals surface area contributed by atoms with Gasteiger partial charge in [0.05, 0.1) is 5.69 Å². The molecule has 0 atom stereocenters. The second-order valence-electron chi connectivity index (χ2n) is 5.69. The Balaban J connectivity index is 1.57. The number of anilines is 2. The smallest absolute Gasteiger partial charge is 0.313 e. The molecule has 1 fully saturated rings. The molecule has 0 aliphatic carbocycles. The minimum atomic E-state index is -0.651.